The lowest BCUT2D eigenvalue weighted by Gasteiger charge is -2.15. The molecular formula is C21H21N3O6. The topological polar surface area (TPSA) is 141 Å². The number of aromatic amines is 1. The van der Waals surface area contributed by atoms with Crippen LogP contribution in [0.2, 0.25) is 0 Å². The lowest BCUT2D eigenvalue weighted by molar-refractivity contribution is -0.141. The second-order valence-corrected chi connectivity index (χ2v) is 6.86. The summed E-state index contributed by atoms with van der Waals surface area (Å²) in [5, 5.41) is 21.5. The van der Waals surface area contributed by atoms with Gasteiger partial charge in [-0.05, 0) is 36.2 Å². The van der Waals surface area contributed by atoms with Crippen molar-refractivity contribution in [2.75, 3.05) is 0 Å². The van der Waals surface area contributed by atoms with Crippen LogP contribution in [0.15, 0.2) is 58.1 Å². The van der Waals surface area contributed by atoms with E-state index in [9.17, 15) is 29.4 Å². The van der Waals surface area contributed by atoms with Crippen LogP contribution in [0.3, 0.4) is 0 Å². The number of carbonyl (C=O) groups excluding carboxylic acids is 1. The highest BCUT2D eigenvalue weighted by Gasteiger charge is 2.20. The third kappa shape index (κ3) is 4.93. The maximum atomic E-state index is 12.5. The summed E-state index contributed by atoms with van der Waals surface area (Å²) in [6.07, 6.45) is 0.210. The van der Waals surface area contributed by atoms with Crippen LogP contribution in [0.1, 0.15) is 18.4 Å². The van der Waals surface area contributed by atoms with E-state index in [2.05, 4.69) is 10.3 Å². The van der Waals surface area contributed by atoms with Gasteiger partial charge in [-0.25, -0.2) is 9.59 Å². The van der Waals surface area contributed by atoms with Gasteiger partial charge in [-0.3, -0.25) is 14.2 Å². The average molecular weight is 411 g/mol. The molecule has 3 aromatic rings. The number of fused-ring (bicyclic) bond motifs is 1. The molecule has 3 rings (SSSR count). The molecule has 2 aromatic carbocycles. The van der Waals surface area contributed by atoms with Crippen LogP contribution in [0.25, 0.3) is 10.9 Å². The Morgan fingerprint density at radius 3 is 2.47 bits per heavy atom. The Balaban J connectivity index is 1.60. The van der Waals surface area contributed by atoms with Crippen LogP contribution >= 0.6 is 0 Å². The van der Waals surface area contributed by atoms with E-state index in [1.807, 2.05) is 0 Å². The molecule has 1 aromatic heterocycles. The van der Waals surface area contributed by atoms with Crippen molar-refractivity contribution in [1.82, 2.24) is 14.9 Å². The number of rotatable bonds is 8. The summed E-state index contributed by atoms with van der Waals surface area (Å²) in [7, 11) is 0. The zero-order valence-corrected chi connectivity index (χ0v) is 16.0. The van der Waals surface area contributed by atoms with Gasteiger partial charge >= 0.3 is 11.7 Å². The molecule has 0 spiro atoms. The lowest BCUT2D eigenvalue weighted by atomic mass is 10.1. The van der Waals surface area contributed by atoms with E-state index in [0.717, 1.165) is 4.57 Å². The quantitative estimate of drug-likeness (QED) is 0.435. The van der Waals surface area contributed by atoms with Gasteiger partial charge < -0.3 is 20.5 Å². The lowest BCUT2D eigenvalue weighted by Crippen LogP contribution is -2.42. The average Bonchev–Trinajstić information content (AvgIpc) is 2.71. The van der Waals surface area contributed by atoms with Crippen molar-refractivity contribution in [2.45, 2.75) is 31.8 Å². The van der Waals surface area contributed by atoms with Crippen molar-refractivity contribution < 1.29 is 19.8 Å². The first-order valence-corrected chi connectivity index (χ1v) is 9.37. The maximum absolute atomic E-state index is 12.5. The highest BCUT2D eigenvalue weighted by molar-refractivity contribution is 5.83. The van der Waals surface area contributed by atoms with Gasteiger partial charge in [0.1, 0.15) is 11.8 Å². The Morgan fingerprint density at radius 1 is 1.07 bits per heavy atom. The highest BCUT2D eigenvalue weighted by Crippen LogP contribution is 2.11. The maximum Gasteiger partial charge on any atom is 0.328 e. The number of carboxylic acids is 1. The summed E-state index contributed by atoms with van der Waals surface area (Å²) < 4.78 is 1.03. The fourth-order valence-electron chi connectivity index (χ4n) is 3.13. The van der Waals surface area contributed by atoms with E-state index in [-0.39, 0.29) is 31.6 Å². The second kappa shape index (κ2) is 9.08. The molecule has 9 heteroatoms. The number of carboxylic acid groups (broad SMARTS) is 1. The molecule has 9 nitrogen and oxygen atoms in total. The van der Waals surface area contributed by atoms with Crippen molar-refractivity contribution >= 4 is 22.8 Å². The number of hydrogen-bond donors (Lipinski definition) is 4. The van der Waals surface area contributed by atoms with Crippen LogP contribution in [-0.4, -0.2) is 37.7 Å². The van der Waals surface area contributed by atoms with Gasteiger partial charge in [0.2, 0.25) is 5.91 Å². The second-order valence-electron chi connectivity index (χ2n) is 6.86. The predicted molar refractivity (Wildman–Crippen MR) is 109 cm³/mol. The molecule has 0 aliphatic heterocycles. The van der Waals surface area contributed by atoms with E-state index in [4.69, 9.17) is 0 Å². The first kappa shape index (κ1) is 20.8. The van der Waals surface area contributed by atoms with E-state index < -0.39 is 29.2 Å². The van der Waals surface area contributed by atoms with Crippen molar-refractivity contribution in [1.29, 1.82) is 0 Å². The number of phenolic OH excluding ortho intramolecular Hbond substituents is 1. The van der Waals surface area contributed by atoms with Gasteiger partial charge in [-0.1, -0.05) is 24.3 Å². The number of carbonyl (C=O) groups is 2. The standard InChI is InChI=1S/C21H21N3O6/c25-14-9-7-13(8-10-14)12-17(20(28)29)22-18(26)6-3-11-24-19(27)15-4-1-2-5-16(15)23-21(24)30/h1-2,4-5,7-10,17,25H,3,6,11-12H2,(H,22,26)(H,23,30)(H,28,29)/t17-/m1/s1. The first-order chi connectivity index (χ1) is 14.3. The van der Waals surface area contributed by atoms with Gasteiger partial charge in [0.25, 0.3) is 5.56 Å². The number of H-pyrrole nitrogens is 1. The Hall–Kier alpha value is -3.88. The monoisotopic (exact) mass is 411 g/mol. The number of amides is 1. The zero-order chi connectivity index (χ0) is 21.7. The van der Waals surface area contributed by atoms with Crippen LogP contribution in [0.5, 0.6) is 5.75 Å². The van der Waals surface area contributed by atoms with Gasteiger partial charge in [-0.2, -0.15) is 0 Å². The van der Waals surface area contributed by atoms with Crippen LogP contribution in [0.4, 0.5) is 0 Å². The SMILES string of the molecule is O=C(CCCn1c(=O)[nH]c2ccccc2c1=O)N[C@H](Cc1ccc(O)cc1)C(=O)O. The summed E-state index contributed by atoms with van der Waals surface area (Å²) in [5.74, 6) is -1.61. The minimum atomic E-state index is -1.18. The molecule has 1 heterocycles. The van der Waals surface area contributed by atoms with E-state index >= 15 is 0 Å². The number of nitrogens with one attached hydrogen (secondary N) is 2. The molecule has 0 unspecified atom stereocenters. The normalized spacial score (nSPS) is 11.9. The van der Waals surface area contributed by atoms with Crippen LogP contribution in [0, 0.1) is 0 Å². The van der Waals surface area contributed by atoms with E-state index in [1.54, 1.807) is 36.4 Å². The van der Waals surface area contributed by atoms with E-state index in [1.165, 1.54) is 12.1 Å². The fraction of sp³-hybridized carbons (Fsp3) is 0.238. The van der Waals surface area contributed by atoms with E-state index in [0.29, 0.717) is 16.5 Å². The Bertz CT molecular complexity index is 1180. The third-order valence-corrected chi connectivity index (χ3v) is 4.68. The van der Waals surface area contributed by atoms with Gasteiger partial charge in [-0.15, -0.1) is 0 Å². The van der Waals surface area contributed by atoms with Crippen LogP contribution in [-0.2, 0) is 22.6 Å². The van der Waals surface area contributed by atoms with Crippen LogP contribution < -0.4 is 16.6 Å². The summed E-state index contributed by atoms with van der Waals surface area (Å²) in [5.41, 5.74) is 0.0927. The molecule has 30 heavy (non-hydrogen) atoms. The number of hydrogen-bond acceptors (Lipinski definition) is 5. The Labute approximate surface area is 170 Å². The summed E-state index contributed by atoms with van der Waals surface area (Å²) in [4.78, 5) is 50.9. The molecule has 1 atom stereocenters. The molecule has 0 aliphatic rings. The summed E-state index contributed by atoms with van der Waals surface area (Å²) in [6.45, 7) is 0.0299. The number of aliphatic carboxylic acids is 1. The van der Waals surface area contributed by atoms with Crippen molar-refractivity contribution in [3.63, 3.8) is 0 Å². The third-order valence-electron chi connectivity index (χ3n) is 4.68. The zero-order valence-electron chi connectivity index (χ0n) is 16.0. The molecule has 0 aliphatic carbocycles. The molecule has 1 amide bonds. The number of para-hydroxylation sites is 1. The smallest absolute Gasteiger partial charge is 0.328 e. The molecule has 156 valence electrons. The van der Waals surface area contributed by atoms with Gasteiger partial charge in [0.15, 0.2) is 0 Å². The van der Waals surface area contributed by atoms with Crippen molar-refractivity contribution in [3.8, 4) is 5.75 Å². The predicted octanol–water partition coefficient (Wildman–Crippen LogP) is 0.988. The summed E-state index contributed by atoms with van der Waals surface area (Å²) in [6, 6.07) is 11.6. The number of aromatic hydroxyl groups is 1. The van der Waals surface area contributed by atoms with Gasteiger partial charge in [0, 0.05) is 19.4 Å². The summed E-state index contributed by atoms with van der Waals surface area (Å²) >= 11 is 0. The molecular weight excluding hydrogens is 390 g/mol. The molecule has 0 saturated carbocycles. The largest absolute Gasteiger partial charge is 0.508 e. The number of aromatic nitrogens is 2. The van der Waals surface area contributed by atoms with Gasteiger partial charge in [0.05, 0.1) is 10.9 Å². The Kier molecular flexibility index (Phi) is 6.31. The molecule has 4 N–H and O–H groups in total. The molecule has 0 bridgehead atoms. The minimum absolute atomic E-state index is 0.0299. The molecule has 0 radical (unpaired) electrons. The van der Waals surface area contributed by atoms with Crippen molar-refractivity contribution in [2.24, 2.45) is 0 Å². The number of nitrogens with zero attached hydrogens (tertiary/aromatic N) is 1. The fourth-order valence-corrected chi connectivity index (χ4v) is 3.13. The minimum Gasteiger partial charge on any atom is -0.508 e. The molecule has 0 fully saturated rings. The number of benzene rings is 2. The first-order valence-electron chi connectivity index (χ1n) is 9.37. The number of phenols is 1. The Morgan fingerprint density at radius 2 is 1.77 bits per heavy atom. The van der Waals surface area contributed by atoms with Crippen molar-refractivity contribution in [3.05, 3.63) is 74.9 Å². The highest BCUT2D eigenvalue weighted by atomic mass is 16.4. The molecule has 0 saturated heterocycles.